The van der Waals surface area contributed by atoms with Crippen molar-refractivity contribution < 1.29 is 10.0 Å². The van der Waals surface area contributed by atoms with Gasteiger partial charge in [0.15, 0.2) is 0 Å². The molecule has 1 rings (SSSR count). The fraction of sp³-hybridized carbons (Fsp3) is 0.300. The minimum Gasteiger partial charge on any atom is -0.409 e. The van der Waals surface area contributed by atoms with E-state index >= 15 is 0 Å². The number of pyridine rings is 1. The number of oxime groups is 1. The molecule has 0 unspecified atom stereocenters. The fourth-order valence-electron chi connectivity index (χ4n) is 1.12. The van der Waals surface area contributed by atoms with E-state index in [1.54, 1.807) is 12.1 Å². The Morgan fingerprint density at radius 1 is 1.59 bits per heavy atom. The molecule has 0 aromatic carbocycles. The SMILES string of the molecule is NC(CCCNC(=O)c1ccc(Cl)cn1)=NO. The van der Waals surface area contributed by atoms with Crippen molar-refractivity contribution >= 4 is 23.3 Å². The van der Waals surface area contributed by atoms with Gasteiger partial charge in [0, 0.05) is 19.2 Å². The summed E-state index contributed by atoms with van der Waals surface area (Å²) in [6.07, 6.45) is 2.42. The van der Waals surface area contributed by atoms with E-state index < -0.39 is 0 Å². The van der Waals surface area contributed by atoms with Crippen LogP contribution < -0.4 is 11.1 Å². The molecule has 0 fully saturated rings. The van der Waals surface area contributed by atoms with Crippen LogP contribution in [0.25, 0.3) is 0 Å². The number of hydrogen-bond donors (Lipinski definition) is 3. The number of hydrogen-bond acceptors (Lipinski definition) is 4. The van der Waals surface area contributed by atoms with Crippen LogP contribution in [-0.4, -0.2) is 28.5 Å². The third kappa shape index (κ3) is 4.69. The second-order valence-corrected chi connectivity index (χ2v) is 3.75. The Labute approximate surface area is 103 Å². The van der Waals surface area contributed by atoms with Gasteiger partial charge in [0.2, 0.25) is 0 Å². The van der Waals surface area contributed by atoms with Gasteiger partial charge in [0.05, 0.1) is 5.02 Å². The van der Waals surface area contributed by atoms with Crippen LogP contribution in [0.1, 0.15) is 23.3 Å². The third-order valence-corrected chi connectivity index (χ3v) is 2.21. The molecule has 0 radical (unpaired) electrons. The van der Waals surface area contributed by atoms with Crippen LogP contribution in [0.2, 0.25) is 5.02 Å². The number of nitrogens with zero attached hydrogens (tertiary/aromatic N) is 2. The lowest BCUT2D eigenvalue weighted by atomic mass is 10.3. The summed E-state index contributed by atoms with van der Waals surface area (Å²) < 4.78 is 0. The summed E-state index contributed by atoms with van der Waals surface area (Å²) >= 11 is 5.65. The maximum absolute atomic E-state index is 11.5. The molecule has 0 saturated carbocycles. The highest BCUT2D eigenvalue weighted by Gasteiger charge is 2.05. The molecular weight excluding hydrogens is 244 g/mol. The fourth-order valence-corrected chi connectivity index (χ4v) is 1.23. The standard InChI is InChI=1S/C10H13ClN4O2/c11-7-3-4-8(14-6-7)10(16)13-5-1-2-9(12)15-17/h3-4,6,17H,1-2,5H2,(H2,12,15)(H,13,16). The number of halogens is 1. The van der Waals surface area contributed by atoms with Crippen molar-refractivity contribution in [2.45, 2.75) is 12.8 Å². The highest BCUT2D eigenvalue weighted by atomic mass is 35.5. The monoisotopic (exact) mass is 256 g/mol. The minimum absolute atomic E-state index is 0.142. The van der Waals surface area contributed by atoms with Gasteiger partial charge in [-0.2, -0.15) is 0 Å². The molecule has 1 aromatic heterocycles. The van der Waals surface area contributed by atoms with Crippen LogP contribution in [0.5, 0.6) is 0 Å². The van der Waals surface area contributed by atoms with E-state index in [0.717, 1.165) is 0 Å². The molecule has 6 nitrogen and oxygen atoms in total. The van der Waals surface area contributed by atoms with E-state index in [1.165, 1.54) is 6.20 Å². The van der Waals surface area contributed by atoms with Crippen LogP contribution >= 0.6 is 11.6 Å². The molecule has 1 heterocycles. The van der Waals surface area contributed by atoms with E-state index in [-0.39, 0.29) is 11.7 Å². The van der Waals surface area contributed by atoms with Crippen LogP contribution in [0.4, 0.5) is 0 Å². The van der Waals surface area contributed by atoms with Gasteiger partial charge in [-0.3, -0.25) is 4.79 Å². The van der Waals surface area contributed by atoms with Gasteiger partial charge in [-0.05, 0) is 18.6 Å². The maximum Gasteiger partial charge on any atom is 0.269 e. The quantitative estimate of drug-likeness (QED) is 0.240. The lowest BCUT2D eigenvalue weighted by Crippen LogP contribution is -2.26. The second-order valence-electron chi connectivity index (χ2n) is 3.31. The topological polar surface area (TPSA) is 101 Å². The number of amides is 1. The largest absolute Gasteiger partial charge is 0.409 e. The minimum atomic E-state index is -0.277. The molecule has 0 aliphatic rings. The Bertz CT molecular complexity index is 405. The van der Waals surface area contributed by atoms with Crippen LogP contribution in [0.3, 0.4) is 0 Å². The summed E-state index contributed by atoms with van der Waals surface area (Å²) in [5, 5.41) is 14.3. The van der Waals surface area contributed by atoms with Gasteiger partial charge >= 0.3 is 0 Å². The van der Waals surface area contributed by atoms with Crippen molar-refractivity contribution in [2.24, 2.45) is 10.9 Å². The first kappa shape index (κ1) is 13.2. The number of carbonyl (C=O) groups excluding carboxylic acids is 1. The molecule has 0 aliphatic carbocycles. The molecule has 92 valence electrons. The summed E-state index contributed by atoms with van der Waals surface area (Å²) in [5.74, 6) is -0.134. The first-order valence-electron chi connectivity index (χ1n) is 4.99. The number of rotatable bonds is 5. The summed E-state index contributed by atoms with van der Waals surface area (Å²) in [6.45, 7) is 0.430. The molecule has 1 aromatic rings. The van der Waals surface area contributed by atoms with Crippen molar-refractivity contribution in [3.05, 3.63) is 29.0 Å². The zero-order valence-corrected chi connectivity index (χ0v) is 9.81. The van der Waals surface area contributed by atoms with Gasteiger partial charge < -0.3 is 16.3 Å². The molecule has 4 N–H and O–H groups in total. The molecule has 17 heavy (non-hydrogen) atoms. The predicted octanol–water partition coefficient (Wildman–Crippen LogP) is 0.991. The Morgan fingerprint density at radius 3 is 2.94 bits per heavy atom. The molecule has 1 amide bonds. The summed E-state index contributed by atoms with van der Waals surface area (Å²) in [6, 6.07) is 3.14. The van der Waals surface area contributed by atoms with E-state index in [4.69, 9.17) is 22.5 Å². The zero-order valence-electron chi connectivity index (χ0n) is 9.06. The van der Waals surface area contributed by atoms with Crippen molar-refractivity contribution in [1.29, 1.82) is 0 Å². The van der Waals surface area contributed by atoms with E-state index in [2.05, 4.69) is 15.5 Å². The molecule has 0 atom stereocenters. The van der Waals surface area contributed by atoms with Crippen LogP contribution in [0, 0.1) is 0 Å². The Hall–Kier alpha value is -1.82. The van der Waals surface area contributed by atoms with Crippen LogP contribution in [-0.2, 0) is 0 Å². The number of amidine groups is 1. The van der Waals surface area contributed by atoms with E-state index in [9.17, 15) is 4.79 Å². The van der Waals surface area contributed by atoms with Gasteiger partial charge in [0.25, 0.3) is 5.91 Å². The molecule has 0 saturated heterocycles. The van der Waals surface area contributed by atoms with Crippen LogP contribution in [0.15, 0.2) is 23.5 Å². The molecule has 0 bridgehead atoms. The summed E-state index contributed by atoms with van der Waals surface area (Å²) in [7, 11) is 0. The Morgan fingerprint density at radius 2 is 2.35 bits per heavy atom. The number of nitrogens with two attached hydrogens (primary N) is 1. The lowest BCUT2D eigenvalue weighted by molar-refractivity contribution is 0.0948. The first-order valence-corrected chi connectivity index (χ1v) is 5.37. The van der Waals surface area contributed by atoms with Gasteiger partial charge in [-0.1, -0.05) is 16.8 Å². The smallest absolute Gasteiger partial charge is 0.269 e. The van der Waals surface area contributed by atoms with Gasteiger partial charge in [0.1, 0.15) is 11.5 Å². The first-order chi connectivity index (χ1) is 8.13. The number of carbonyl (C=O) groups is 1. The van der Waals surface area contributed by atoms with Crippen molar-refractivity contribution in [1.82, 2.24) is 10.3 Å². The second kappa shape index (κ2) is 6.70. The van der Waals surface area contributed by atoms with E-state index in [0.29, 0.717) is 30.1 Å². The summed E-state index contributed by atoms with van der Waals surface area (Å²) in [5.41, 5.74) is 5.58. The van der Waals surface area contributed by atoms with Crippen molar-refractivity contribution in [3.63, 3.8) is 0 Å². The Balaban J connectivity index is 2.33. The molecule has 7 heteroatoms. The van der Waals surface area contributed by atoms with E-state index in [1.807, 2.05) is 0 Å². The molecular formula is C10H13ClN4O2. The highest BCUT2D eigenvalue weighted by molar-refractivity contribution is 6.30. The molecule has 0 aliphatic heterocycles. The van der Waals surface area contributed by atoms with Crippen molar-refractivity contribution in [3.8, 4) is 0 Å². The van der Waals surface area contributed by atoms with Gasteiger partial charge in [-0.25, -0.2) is 4.98 Å². The zero-order chi connectivity index (χ0) is 12.7. The Kier molecular flexibility index (Phi) is 5.22. The number of aromatic nitrogens is 1. The highest BCUT2D eigenvalue weighted by Crippen LogP contribution is 2.05. The predicted molar refractivity (Wildman–Crippen MR) is 64.2 cm³/mol. The lowest BCUT2D eigenvalue weighted by Gasteiger charge is -2.04. The number of nitrogens with one attached hydrogen (secondary N) is 1. The average molecular weight is 257 g/mol. The third-order valence-electron chi connectivity index (χ3n) is 1.98. The summed E-state index contributed by atoms with van der Waals surface area (Å²) in [4.78, 5) is 15.4. The maximum atomic E-state index is 11.5. The van der Waals surface area contributed by atoms with Crippen molar-refractivity contribution in [2.75, 3.05) is 6.54 Å². The van der Waals surface area contributed by atoms with Gasteiger partial charge in [-0.15, -0.1) is 0 Å². The normalized spacial score (nSPS) is 11.2. The average Bonchev–Trinajstić information content (AvgIpc) is 2.34. The molecule has 0 spiro atoms.